The van der Waals surface area contributed by atoms with E-state index in [0.717, 1.165) is 39.3 Å². The van der Waals surface area contributed by atoms with Gasteiger partial charge < -0.3 is 9.47 Å². The van der Waals surface area contributed by atoms with Gasteiger partial charge in [-0.3, -0.25) is 0 Å². The Balaban J connectivity index is 1.65. The highest BCUT2D eigenvalue weighted by atomic mass is 32.2. The number of thiazole rings is 1. The Hall–Kier alpha value is -1.98. The van der Waals surface area contributed by atoms with Crippen molar-refractivity contribution in [1.29, 1.82) is 0 Å². The molecule has 3 aromatic rings. The third kappa shape index (κ3) is 4.10. The maximum absolute atomic E-state index is 5.37. The molecule has 0 N–H and O–H groups in total. The van der Waals surface area contributed by atoms with Crippen LogP contribution in [0.3, 0.4) is 0 Å². The summed E-state index contributed by atoms with van der Waals surface area (Å²) in [5, 5.41) is 3.13. The second-order valence-electron chi connectivity index (χ2n) is 5.19. The van der Waals surface area contributed by atoms with E-state index in [1.54, 1.807) is 25.6 Å². The van der Waals surface area contributed by atoms with Gasteiger partial charge in [0.2, 0.25) is 0 Å². The maximum Gasteiger partial charge on any atom is 0.161 e. The van der Waals surface area contributed by atoms with Crippen LogP contribution < -0.4 is 9.47 Å². The van der Waals surface area contributed by atoms with Crippen LogP contribution in [-0.2, 0) is 11.5 Å². The molecule has 0 amide bonds. The van der Waals surface area contributed by atoms with Crippen molar-refractivity contribution >= 4 is 23.1 Å². The van der Waals surface area contributed by atoms with Gasteiger partial charge in [-0.25, -0.2) is 4.98 Å². The average Bonchev–Trinajstić information content (AvgIpc) is 3.11. The van der Waals surface area contributed by atoms with Crippen LogP contribution in [0.1, 0.15) is 11.3 Å². The first-order valence-electron chi connectivity index (χ1n) is 7.58. The number of rotatable bonds is 7. The van der Waals surface area contributed by atoms with Crippen LogP contribution in [0, 0.1) is 0 Å². The van der Waals surface area contributed by atoms with Crippen LogP contribution in [-0.4, -0.2) is 19.2 Å². The number of ether oxygens (including phenoxy) is 2. The van der Waals surface area contributed by atoms with Gasteiger partial charge in [-0.2, -0.15) is 11.8 Å². The van der Waals surface area contributed by atoms with Crippen LogP contribution in [0.25, 0.3) is 10.6 Å². The molecule has 2 aromatic carbocycles. The van der Waals surface area contributed by atoms with E-state index in [2.05, 4.69) is 29.6 Å². The Morgan fingerprint density at radius 1 is 0.958 bits per heavy atom. The minimum absolute atomic E-state index is 0.727. The van der Waals surface area contributed by atoms with E-state index in [9.17, 15) is 0 Å². The summed E-state index contributed by atoms with van der Waals surface area (Å²) in [4.78, 5) is 4.74. The monoisotopic (exact) mass is 357 g/mol. The molecule has 0 bridgehead atoms. The summed E-state index contributed by atoms with van der Waals surface area (Å²) in [6, 6.07) is 16.4. The SMILES string of the molecule is COc1ccc(-c2nc(CSCc3ccccc3)cs2)cc1OC. The standard InChI is InChI=1S/C19H19NO2S2/c1-21-17-9-8-15(10-18(17)22-2)19-20-16(13-24-19)12-23-11-14-6-4-3-5-7-14/h3-10,13H,11-12H2,1-2H3. The first-order valence-corrected chi connectivity index (χ1v) is 9.62. The molecular weight excluding hydrogens is 338 g/mol. The Morgan fingerprint density at radius 2 is 1.75 bits per heavy atom. The Kier molecular flexibility index (Phi) is 5.77. The van der Waals surface area contributed by atoms with E-state index in [1.165, 1.54) is 5.56 Å². The van der Waals surface area contributed by atoms with Crippen LogP contribution in [0.15, 0.2) is 53.9 Å². The van der Waals surface area contributed by atoms with Crippen molar-refractivity contribution in [2.24, 2.45) is 0 Å². The lowest BCUT2D eigenvalue weighted by Gasteiger charge is -2.08. The minimum Gasteiger partial charge on any atom is -0.493 e. The van der Waals surface area contributed by atoms with Crippen LogP contribution in [0.5, 0.6) is 11.5 Å². The number of aromatic nitrogens is 1. The molecule has 1 aromatic heterocycles. The first kappa shape index (κ1) is 16.9. The highest BCUT2D eigenvalue weighted by Gasteiger charge is 2.09. The number of hydrogen-bond donors (Lipinski definition) is 0. The van der Waals surface area contributed by atoms with Crippen molar-refractivity contribution in [3.05, 3.63) is 65.2 Å². The predicted octanol–water partition coefficient (Wildman–Crippen LogP) is 5.26. The summed E-state index contributed by atoms with van der Waals surface area (Å²) in [5.41, 5.74) is 3.51. The summed E-state index contributed by atoms with van der Waals surface area (Å²) < 4.78 is 10.6. The van der Waals surface area contributed by atoms with E-state index in [4.69, 9.17) is 14.5 Å². The van der Waals surface area contributed by atoms with E-state index in [0.29, 0.717) is 0 Å². The molecule has 0 radical (unpaired) electrons. The molecule has 0 aliphatic heterocycles. The summed E-state index contributed by atoms with van der Waals surface area (Å²) in [5.74, 6) is 3.38. The lowest BCUT2D eigenvalue weighted by Crippen LogP contribution is -1.91. The number of nitrogens with zero attached hydrogens (tertiary/aromatic N) is 1. The smallest absolute Gasteiger partial charge is 0.161 e. The van der Waals surface area contributed by atoms with Gasteiger partial charge in [0, 0.05) is 22.4 Å². The van der Waals surface area contributed by atoms with E-state index in [-0.39, 0.29) is 0 Å². The molecule has 0 aliphatic rings. The van der Waals surface area contributed by atoms with Crippen LogP contribution in [0.4, 0.5) is 0 Å². The van der Waals surface area contributed by atoms with Gasteiger partial charge >= 0.3 is 0 Å². The molecule has 0 saturated carbocycles. The maximum atomic E-state index is 5.37. The summed E-state index contributed by atoms with van der Waals surface area (Å²) >= 11 is 3.54. The Labute approximate surface area is 150 Å². The molecule has 124 valence electrons. The van der Waals surface area contributed by atoms with E-state index in [1.807, 2.05) is 36.0 Å². The fraction of sp³-hybridized carbons (Fsp3) is 0.211. The van der Waals surface area contributed by atoms with Crippen LogP contribution >= 0.6 is 23.1 Å². The van der Waals surface area contributed by atoms with Crippen molar-refractivity contribution in [1.82, 2.24) is 4.98 Å². The zero-order valence-electron chi connectivity index (χ0n) is 13.7. The van der Waals surface area contributed by atoms with Gasteiger partial charge in [-0.15, -0.1) is 11.3 Å². The molecule has 0 aliphatic carbocycles. The third-order valence-electron chi connectivity index (χ3n) is 3.54. The fourth-order valence-corrected chi connectivity index (χ4v) is 4.13. The van der Waals surface area contributed by atoms with Crippen molar-refractivity contribution in [3.8, 4) is 22.1 Å². The normalized spacial score (nSPS) is 10.6. The minimum atomic E-state index is 0.727. The quantitative estimate of drug-likeness (QED) is 0.577. The highest BCUT2D eigenvalue weighted by Crippen LogP contribution is 2.34. The summed E-state index contributed by atoms with van der Waals surface area (Å²) in [6.07, 6.45) is 0. The highest BCUT2D eigenvalue weighted by molar-refractivity contribution is 7.97. The lowest BCUT2D eigenvalue weighted by atomic mass is 10.2. The van der Waals surface area contributed by atoms with Crippen molar-refractivity contribution in [2.45, 2.75) is 11.5 Å². The lowest BCUT2D eigenvalue weighted by molar-refractivity contribution is 0.355. The molecule has 1 heterocycles. The Morgan fingerprint density at radius 3 is 2.50 bits per heavy atom. The molecule has 24 heavy (non-hydrogen) atoms. The molecule has 0 saturated heterocycles. The molecule has 3 rings (SSSR count). The zero-order valence-corrected chi connectivity index (χ0v) is 15.3. The summed E-state index contributed by atoms with van der Waals surface area (Å²) in [7, 11) is 3.29. The van der Waals surface area contributed by atoms with Gasteiger partial charge in [0.1, 0.15) is 5.01 Å². The molecule has 0 fully saturated rings. The second-order valence-corrected chi connectivity index (χ2v) is 7.04. The van der Waals surface area contributed by atoms with Crippen molar-refractivity contribution in [2.75, 3.05) is 14.2 Å². The fourth-order valence-electron chi connectivity index (χ4n) is 2.32. The second kappa shape index (κ2) is 8.22. The molecule has 0 atom stereocenters. The summed E-state index contributed by atoms with van der Waals surface area (Å²) in [6.45, 7) is 0. The Bertz CT molecular complexity index is 787. The average molecular weight is 358 g/mol. The van der Waals surface area contributed by atoms with Gasteiger partial charge in [0.05, 0.1) is 19.9 Å². The third-order valence-corrected chi connectivity index (χ3v) is 5.52. The predicted molar refractivity (Wildman–Crippen MR) is 102 cm³/mol. The van der Waals surface area contributed by atoms with Crippen LogP contribution in [0.2, 0.25) is 0 Å². The first-order chi connectivity index (χ1) is 11.8. The number of methoxy groups -OCH3 is 2. The topological polar surface area (TPSA) is 31.4 Å². The largest absolute Gasteiger partial charge is 0.493 e. The van der Waals surface area contributed by atoms with Crippen molar-refractivity contribution < 1.29 is 9.47 Å². The molecule has 3 nitrogen and oxygen atoms in total. The van der Waals surface area contributed by atoms with Gasteiger partial charge in [0.25, 0.3) is 0 Å². The van der Waals surface area contributed by atoms with Gasteiger partial charge in [0.15, 0.2) is 11.5 Å². The molecule has 0 spiro atoms. The molecule has 5 heteroatoms. The van der Waals surface area contributed by atoms with Gasteiger partial charge in [-0.1, -0.05) is 30.3 Å². The number of benzene rings is 2. The van der Waals surface area contributed by atoms with E-state index >= 15 is 0 Å². The molecular formula is C19H19NO2S2. The van der Waals surface area contributed by atoms with Crippen molar-refractivity contribution in [3.63, 3.8) is 0 Å². The number of hydrogen-bond acceptors (Lipinski definition) is 5. The van der Waals surface area contributed by atoms with E-state index < -0.39 is 0 Å². The molecule has 0 unspecified atom stereocenters. The zero-order chi connectivity index (χ0) is 16.8. The number of thioether (sulfide) groups is 1. The van der Waals surface area contributed by atoms with Gasteiger partial charge in [-0.05, 0) is 23.8 Å².